The van der Waals surface area contributed by atoms with E-state index >= 15 is 0 Å². The molecule has 5 atom stereocenters. The van der Waals surface area contributed by atoms with Gasteiger partial charge in [0.1, 0.15) is 5.75 Å². The molecule has 5 unspecified atom stereocenters. The van der Waals surface area contributed by atoms with Crippen LogP contribution in [-0.4, -0.2) is 28.3 Å². The van der Waals surface area contributed by atoms with Gasteiger partial charge in [0.15, 0.2) is 0 Å². The minimum absolute atomic E-state index is 0.207. The SMILES string of the molecule is C=C1CCC(O)C/C1=C/C=C1\CCCC2(C)C(CCCCS(=O)c3ccc(OC)cc3)CCC12. The van der Waals surface area contributed by atoms with Crippen LogP contribution in [0, 0.1) is 17.3 Å². The molecule has 0 radical (unpaired) electrons. The Morgan fingerprint density at radius 3 is 2.71 bits per heavy atom. The van der Waals surface area contributed by atoms with Gasteiger partial charge in [0.05, 0.1) is 24.0 Å². The summed E-state index contributed by atoms with van der Waals surface area (Å²) in [6.07, 6.45) is 16.9. The summed E-state index contributed by atoms with van der Waals surface area (Å²) in [5, 5.41) is 10.1. The second-order valence-electron chi connectivity index (χ2n) is 10.8. The first-order valence-electron chi connectivity index (χ1n) is 13.2. The Hall–Kier alpha value is -1.65. The predicted octanol–water partition coefficient (Wildman–Crippen LogP) is 7.14. The summed E-state index contributed by atoms with van der Waals surface area (Å²) in [5.41, 5.74) is 4.48. The van der Waals surface area contributed by atoms with Gasteiger partial charge >= 0.3 is 0 Å². The lowest BCUT2D eigenvalue weighted by Crippen LogP contribution is -2.33. The normalized spacial score (nSPS) is 32.7. The molecule has 0 saturated heterocycles. The molecule has 3 fully saturated rings. The first kappa shape index (κ1) is 25.4. The van der Waals surface area contributed by atoms with Gasteiger partial charge in [0, 0.05) is 10.6 Å². The Balaban J connectivity index is 1.31. The van der Waals surface area contributed by atoms with Crippen LogP contribution in [0.25, 0.3) is 0 Å². The van der Waals surface area contributed by atoms with Crippen molar-refractivity contribution in [1.82, 2.24) is 0 Å². The topological polar surface area (TPSA) is 46.5 Å². The number of rotatable bonds is 8. The van der Waals surface area contributed by atoms with Crippen molar-refractivity contribution in [2.75, 3.05) is 12.9 Å². The third-order valence-electron chi connectivity index (χ3n) is 8.80. The fourth-order valence-electron chi connectivity index (χ4n) is 6.68. The number of hydrogen-bond donors (Lipinski definition) is 1. The molecule has 1 aromatic carbocycles. The quantitative estimate of drug-likeness (QED) is 0.400. The summed E-state index contributed by atoms with van der Waals surface area (Å²) in [4.78, 5) is 0.901. The molecule has 0 spiro atoms. The van der Waals surface area contributed by atoms with Crippen LogP contribution in [0.5, 0.6) is 5.75 Å². The van der Waals surface area contributed by atoms with Crippen molar-refractivity contribution in [3.8, 4) is 5.75 Å². The molecule has 3 nitrogen and oxygen atoms in total. The molecule has 0 aromatic heterocycles. The third kappa shape index (κ3) is 5.76. The van der Waals surface area contributed by atoms with Crippen LogP contribution in [0.2, 0.25) is 0 Å². The van der Waals surface area contributed by atoms with Gasteiger partial charge in [0.2, 0.25) is 0 Å². The van der Waals surface area contributed by atoms with E-state index in [1.54, 1.807) is 12.7 Å². The van der Waals surface area contributed by atoms with E-state index in [1.165, 1.54) is 49.7 Å². The number of ether oxygens (including phenoxy) is 1. The summed E-state index contributed by atoms with van der Waals surface area (Å²) < 4.78 is 17.9. The molecular weight excluding hydrogens is 440 g/mol. The number of allylic oxidation sites excluding steroid dienone is 4. The van der Waals surface area contributed by atoms with Crippen molar-refractivity contribution < 1.29 is 14.1 Å². The summed E-state index contributed by atoms with van der Waals surface area (Å²) in [6, 6.07) is 7.63. The van der Waals surface area contributed by atoms with Crippen LogP contribution in [0.15, 0.2) is 64.6 Å². The fraction of sp³-hybridized carbons (Fsp3) is 0.600. The second-order valence-corrected chi connectivity index (χ2v) is 12.4. The number of methoxy groups -OCH3 is 1. The van der Waals surface area contributed by atoms with Gasteiger partial charge in [-0.25, -0.2) is 0 Å². The number of aliphatic hydroxyl groups is 1. The van der Waals surface area contributed by atoms with E-state index in [0.717, 1.165) is 54.4 Å². The second kappa shape index (κ2) is 11.4. The summed E-state index contributed by atoms with van der Waals surface area (Å²) in [7, 11) is 0.726. The molecule has 1 aromatic rings. The number of fused-ring (bicyclic) bond motifs is 1. The van der Waals surface area contributed by atoms with E-state index in [-0.39, 0.29) is 6.10 Å². The van der Waals surface area contributed by atoms with Crippen LogP contribution in [-0.2, 0) is 10.8 Å². The molecule has 186 valence electrons. The average Bonchev–Trinajstić information content (AvgIpc) is 3.18. The van der Waals surface area contributed by atoms with Crippen LogP contribution in [0.4, 0.5) is 0 Å². The van der Waals surface area contributed by atoms with Crippen LogP contribution >= 0.6 is 0 Å². The fourth-order valence-corrected chi connectivity index (χ4v) is 7.83. The molecule has 4 rings (SSSR count). The summed E-state index contributed by atoms with van der Waals surface area (Å²) >= 11 is 0. The maximum absolute atomic E-state index is 12.7. The van der Waals surface area contributed by atoms with Gasteiger partial charge in [-0.05, 0) is 111 Å². The highest BCUT2D eigenvalue weighted by atomic mass is 32.2. The Morgan fingerprint density at radius 2 is 1.94 bits per heavy atom. The minimum Gasteiger partial charge on any atom is -0.497 e. The van der Waals surface area contributed by atoms with E-state index in [9.17, 15) is 9.32 Å². The Bertz CT molecular complexity index is 944. The standard InChI is InChI=1S/C30H42O3S/c1-22-9-13-26(31)21-24(22)11-10-23-7-6-19-30(2)25(12-18-29(23)30)8-4-5-20-34(32)28-16-14-27(33-3)15-17-28/h10-11,14-17,25-26,29,31H,1,4-9,12-13,18-21H2,2-3H3/b23-10+,24-11-. The van der Waals surface area contributed by atoms with Crippen LogP contribution in [0.1, 0.15) is 77.6 Å². The lowest BCUT2D eigenvalue weighted by atomic mass is 9.62. The van der Waals surface area contributed by atoms with Crippen molar-refractivity contribution in [3.63, 3.8) is 0 Å². The van der Waals surface area contributed by atoms with E-state index in [4.69, 9.17) is 4.74 Å². The Morgan fingerprint density at radius 1 is 1.15 bits per heavy atom. The highest BCUT2D eigenvalue weighted by Crippen LogP contribution is 2.58. The molecule has 4 heteroatoms. The van der Waals surface area contributed by atoms with Crippen molar-refractivity contribution in [2.45, 2.75) is 88.6 Å². The van der Waals surface area contributed by atoms with Gasteiger partial charge in [-0.2, -0.15) is 0 Å². The van der Waals surface area contributed by atoms with E-state index in [2.05, 4.69) is 25.7 Å². The first-order chi connectivity index (χ1) is 16.4. The number of hydrogen-bond acceptors (Lipinski definition) is 3. The number of aliphatic hydroxyl groups excluding tert-OH is 1. The highest BCUT2D eigenvalue weighted by molar-refractivity contribution is 7.85. The smallest absolute Gasteiger partial charge is 0.118 e. The molecule has 0 bridgehead atoms. The van der Waals surface area contributed by atoms with Crippen molar-refractivity contribution in [1.29, 1.82) is 0 Å². The molecule has 34 heavy (non-hydrogen) atoms. The van der Waals surface area contributed by atoms with Crippen LogP contribution < -0.4 is 4.74 Å². The highest BCUT2D eigenvalue weighted by Gasteiger charge is 2.48. The molecular formula is C30H42O3S. The van der Waals surface area contributed by atoms with Gasteiger partial charge in [-0.1, -0.05) is 43.2 Å². The summed E-state index contributed by atoms with van der Waals surface area (Å²) in [5.74, 6) is 3.02. The molecule has 0 amide bonds. The molecule has 3 saturated carbocycles. The average molecular weight is 483 g/mol. The minimum atomic E-state index is -0.928. The van der Waals surface area contributed by atoms with Gasteiger partial charge in [-0.15, -0.1) is 0 Å². The van der Waals surface area contributed by atoms with Gasteiger partial charge in [-0.3, -0.25) is 4.21 Å². The van der Waals surface area contributed by atoms with E-state index < -0.39 is 10.8 Å². The molecule has 0 aliphatic heterocycles. The molecule has 3 aliphatic carbocycles. The van der Waals surface area contributed by atoms with Gasteiger partial charge < -0.3 is 9.84 Å². The maximum atomic E-state index is 12.7. The maximum Gasteiger partial charge on any atom is 0.118 e. The van der Waals surface area contributed by atoms with E-state index in [0.29, 0.717) is 11.3 Å². The molecule has 1 N–H and O–H groups in total. The first-order valence-corrected chi connectivity index (χ1v) is 14.5. The molecule has 0 heterocycles. The lowest BCUT2D eigenvalue weighted by Gasteiger charge is -2.42. The number of benzene rings is 1. The third-order valence-corrected chi connectivity index (χ3v) is 10.3. The Labute approximate surface area is 208 Å². The zero-order valence-corrected chi connectivity index (χ0v) is 21.9. The van der Waals surface area contributed by atoms with Crippen molar-refractivity contribution >= 4 is 10.8 Å². The Kier molecular flexibility index (Phi) is 8.52. The zero-order chi connectivity index (χ0) is 24.1. The molecule has 3 aliphatic rings. The number of unbranched alkanes of at least 4 members (excludes halogenated alkanes) is 1. The van der Waals surface area contributed by atoms with Gasteiger partial charge in [0.25, 0.3) is 0 Å². The zero-order valence-electron chi connectivity index (χ0n) is 21.1. The summed E-state index contributed by atoms with van der Waals surface area (Å²) in [6.45, 7) is 6.77. The van der Waals surface area contributed by atoms with E-state index in [1.807, 2.05) is 24.3 Å². The predicted molar refractivity (Wildman–Crippen MR) is 141 cm³/mol. The monoisotopic (exact) mass is 482 g/mol. The lowest BCUT2D eigenvalue weighted by molar-refractivity contribution is 0.127. The largest absolute Gasteiger partial charge is 0.497 e. The van der Waals surface area contributed by atoms with Crippen molar-refractivity contribution in [3.05, 3.63) is 59.7 Å². The van der Waals surface area contributed by atoms with Crippen LogP contribution in [0.3, 0.4) is 0 Å². The van der Waals surface area contributed by atoms with Crippen molar-refractivity contribution in [2.24, 2.45) is 17.3 Å².